The van der Waals surface area contributed by atoms with Gasteiger partial charge in [-0.2, -0.15) is 0 Å². The Kier molecular flexibility index (Phi) is 2.77. The maximum absolute atomic E-state index is 7.92. The molecule has 0 radical (unpaired) electrons. The van der Waals surface area contributed by atoms with Gasteiger partial charge in [0.2, 0.25) is 5.71 Å². The van der Waals surface area contributed by atoms with Gasteiger partial charge in [-0.3, -0.25) is 4.98 Å². The van der Waals surface area contributed by atoms with Crippen LogP contribution in [-0.4, -0.2) is 9.97 Å². The van der Waals surface area contributed by atoms with Crippen molar-refractivity contribution in [1.29, 1.82) is 0 Å². The molecule has 0 atom stereocenters. The zero-order valence-corrected chi connectivity index (χ0v) is 16.4. The summed E-state index contributed by atoms with van der Waals surface area (Å²) in [5, 5.41) is 3.08. The number of hydrogen-bond donors (Lipinski definition) is 0. The Morgan fingerprint density at radius 2 is 1.65 bits per heavy atom. The normalized spacial score (nSPS) is 15.2. The molecule has 0 spiro atoms. The van der Waals surface area contributed by atoms with Gasteiger partial charge in [0.25, 0.3) is 0 Å². The molecule has 0 saturated carbocycles. The summed E-state index contributed by atoms with van der Waals surface area (Å²) in [6.07, 6.45) is 1.71. The first kappa shape index (κ1) is 12.7. The molecule has 148 valence electrons. The van der Waals surface area contributed by atoms with Crippen molar-refractivity contribution in [1.82, 2.24) is 9.97 Å². The highest BCUT2D eigenvalue weighted by atomic mass is 16.3. The molecule has 3 nitrogen and oxygen atoms in total. The molecular weight excluding hydrogens is 380 g/mol. The third-order valence-electron chi connectivity index (χ3n) is 5.64. The van der Waals surface area contributed by atoms with E-state index in [1.165, 1.54) is 6.07 Å². The van der Waals surface area contributed by atoms with Crippen LogP contribution >= 0.6 is 0 Å². The van der Waals surface area contributed by atoms with Crippen molar-refractivity contribution < 1.29 is 12.6 Å². The lowest BCUT2D eigenvalue weighted by Crippen LogP contribution is -1.88. The van der Waals surface area contributed by atoms with Crippen molar-refractivity contribution in [3.8, 4) is 22.4 Å². The van der Waals surface area contributed by atoms with E-state index in [2.05, 4.69) is 9.97 Å². The Balaban J connectivity index is 1.52. The van der Waals surface area contributed by atoms with Crippen LogP contribution in [0.25, 0.3) is 55.2 Å². The number of nitrogens with zero attached hydrogens (tertiary/aromatic N) is 2. The highest BCUT2D eigenvalue weighted by Crippen LogP contribution is 2.37. The topological polar surface area (TPSA) is 38.9 Å². The first-order valence-corrected chi connectivity index (χ1v) is 9.93. The van der Waals surface area contributed by atoms with Gasteiger partial charge in [0.1, 0.15) is 5.58 Å². The molecule has 0 aliphatic rings. The zero-order chi connectivity index (χ0) is 25.9. The minimum atomic E-state index is -2.33. The third-order valence-corrected chi connectivity index (χ3v) is 5.64. The minimum Gasteiger partial charge on any atom is -0.437 e. The molecule has 0 saturated heterocycles. The summed E-state index contributed by atoms with van der Waals surface area (Å²) in [5.74, 6) is 0. The number of pyridine rings is 2. The van der Waals surface area contributed by atoms with Crippen LogP contribution in [-0.2, 0) is 0 Å². The van der Waals surface area contributed by atoms with E-state index in [4.69, 9.17) is 12.6 Å². The van der Waals surface area contributed by atoms with Crippen molar-refractivity contribution in [2.45, 2.75) is 13.7 Å². The molecule has 0 fully saturated rings. The van der Waals surface area contributed by atoms with E-state index < -0.39 is 13.7 Å². The number of fused-ring (bicyclic) bond motifs is 4. The van der Waals surface area contributed by atoms with E-state index in [-0.39, 0.29) is 11.4 Å². The van der Waals surface area contributed by atoms with Crippen LogP contribution in [0.5, 0.6) is 0 Å². The van der Waals surface area contributed by atoms with E-state index >= 15 is 0 Å². The lowest BCUT2D eigenvalue weighted by molar-refractivity contribution is 0.653. The number of aromatic nitrogens is 2. The summed E-state index contributed by atoms with van der Waals surface area (Å²) in [7, 11) is 0. The van der Waals surface area contributed by atoms with Crippen LogP contribution in [0.15, 0.2) is 89.5 Å². The Bertz CT molecular complexity index is 1820. The molecule has 0 N–H and O–H groups in total. The number of benzene rings is 3. The van der Waals surface area contributed by atoms with E-state index in [9.17, 15) is 0 Å². The van der Waals surface area contributed by atoms with Crippen LogP contribution in [0, 0.1) is 13.7 Å². The Labute approximate surface area is 188 Å². The summed E-state index contributed by atoms with van der Waals surface area (Å²) >= 11 is 0. The Morgan fingerprint density at radius 1 is 0.742 bits per heavy atom. The van der Waals surface area contributed by atoms with Crippen molar-refractivity contribution in [3.05, 3.63) is 96.3 Å². The fraction of sp³-hybridized carbons (Fsp3) is 0.0714. The van der Waals surface area contributed by atoms with Gasteiger partial charge in [-0.15, -0.1) is 0 Å². The molecule has 0 bridgehead atoms. The number of hydrogen-bond acceptors (Lipinski definition) is 3. The molecule has 6 rings (SSSR count). The Morgan fingerprint density at radius 3 is 2.55 bits per heavy atom. The van der Waals surface area contributed by atoms with Crippen LogP contribution in [0.3, 0.4) is 0 Å². The van der Waals surface area contributed by atoms with Gasteiger partial charge in [0.15, 0.2) is 0 Å². The third kappa shape index (κ3) is 2.82. The van der Waals surface area contributed by atoms with Crippen molar-refractivity contribution in [3.63, 3.8) is 0 Å². The zero-order valence-electron chi connectivity index (χ0n) is 22.4. The fourth-order valence-corrected chi connectivity index (χ4v) is 4.18. The van der Waals surface area contributed by atoms with Gasteiger partial charge < -0.3 is 4.42 Å². The lowest BCUT2D eigenvalue weighted by atomic mass is 9.95. The highest BCUT2D eigenvalue weighted by molar-refractivity contribution is 6.08. The SMILES string of the molecule is [2H]C([2H])([2H])c1ccc2c(n1)oc1c(-c3cc(-c4ccc(C([2H])([2H])[2H])c5ccccc45)ccn3)cccc12. The first-order chi connectivity index (χ1) is 17.6. The predicted molar refractivity (Wildman–Crippen MR) is 127 cm³/mol. The smallest absolute Gasteiger partial charge is 0.227 e. The average Bonchev–Trinajstić information content (AvgIpc) is 3.25. The van der Waals surface area contributed by atoms with E-state index in [1.807, 2.05) is 60.7 Å². The monoisotopic (exact) mass is 406 g/mol. The van der Waals surface area contributed by atoms with Gasteiger partial charge in [0, 0.05) is 36.5 Å². The minimum absolute atomic E-state index is 0.0203. The molecule has 3 heterocycles. The summed E-state index contributed by atoms with van der Waals surface area (Å²) in [6, 6.07) is 23.8. The van der Waals surface area contributed by atoms with E-state index in [0.717, 1.165) is 32.8 Å². The van der Waals surface area contributed by atoms with Crippen LogP contribution in [0.4, 0.5) is 0 Å². The number of furan rings is 1. The molecule has 3 heteroatoms. The van der Waals surface area contributed by atoms with Gasteiger partial charge in [-0.25, -0.2) is 4.98 Å². The number of aryl methyl sites for hydroxylation is 2. The molecule has 31 heavy (non-hydrogen) atoms. The summed E-state index contributed by atoms with van der Waals surface area (Å²) < 4.78 is 52.8. The summed E-state index contributed by atoms with van der Waals surface area (Å²) in [5.41, 5.74) is 4.32. The van der Waals surface area contributed by atoms with Crippen LogP contribution in [0.2, 0.25) is 0 Å². The lowest BCUT2D eigenvalue weighted by Gasteiger charge is -2.10. The van der Waals surface area contributed by atoms with Crippen molar-refractivity contribution in [2.75, 3.05) is 0 Å². The predicted octanol–water partition coefficient (Wildman–Crippen LogP) is 7.48. The maximum Gasteiger partial charge on any atom is 0.227 e. The molecule has 3 aromatic heterocycles. The maximum atomic E-state index is 7.92. The number of para-hydroxylation sites is 1. The fourth-order valence-electron chi connectivity index (χ4n) is 4.18. The van der Waals surface area contributed by atoms with Crippen molar-refractivity contribution in [2.24, 2.45) is 0 Å². The van der Waals surface area contributed by atoms with Gasteiger partial charge in [-0.05, 0) is 71.5 Å². The average molecular weight is 407 g/mol. The standard InChI is InChI=1S/C28H20N2O/c1-17-10-12-21(22-7-4-3-6-20(17)22)19-14-15-29-26(16-19)25-9-5-8-23-24-13-11-18(2)30-28(24)31-27(23)25/h3-16H,1-2H3/i1D3,2D3. The first-order valence-electron chi connectivity index (χ1n) is 12.9. The van der Waals surface area contributed by atoms with E-state index in [0.29, 0.717) is 22.2 Å². The molecule has 0 aliphatic carbocycles. The number of rotatable bonds is 2. The Hall–Kier alpha value is -3.98. The second-order valence-electron chi connectivity index (χ2n) is 7.47. The molecule has 0 amide bonds. The molecule has 0 unspecified atom stereocenters. The second-order valence-corrected chi connectivity index (χ2v) is 7.47. The largest absolute Gasteiger partial charge is 0.437 e. The van der Waals surface area contributed by atoms with Crippen LogP contribution in [0.1, 0.15) is 19.5 Å². The van der Waals surface area contributed by atoms with E-state index in [1.54, 1.807) is 18.3 Å². The molecule has 3 aromatic carbocycles. The van der Waals surface area contributed by atoms with Gasteiger partial charge in [-0.1, -0.05) is 48.5 Å². The van der Waals surface area contributed by atoms with Crippen LogP contribution < -0.4 is 0 Å². The second kappa shape index (κ2) is 6.78. The van der Waals surface area contributed by atoms with Crippen molar-refractivity contribution >= 4 is 32.8 Å². The van der Waals surface area contributed by atoms with Gasteiger partial charge in [0.05, 0.1) is 5.69 Å². The quantitative estimate of drug-likeness (QED) is 0.299. The molecule has 0 aliphatic heterocycles. The summed E-state index contributed by atoms with van der Waals surface area (Å²) in [4.78, 5) is 8.84. The van der Waals surface area contributed by atoms with Gasteiger partial charge >= 0.3 is 0 Å². The highest BCUT2D eigenvalue weighted by Gasteiger charge is 2.15. The summed E-state index contributed by atoms with van der Waals surface area (Å²) in [6.45, 7) is -4.55. The molecule has 6 aromatic rings. The molecular formula is C28H20N2O.